The van der Waals surface area contributed by atoms with Gasteiger partial charge in [0.15, 0.2) is 0 Å². The van der Waals surface area contributed by atoms with Gasteiger partial charge < -0.3 is 10.2 Å². The highest BCUT2D eigenvalue weighted by molar-refractivity contribution is 5.66. The molecule has 1 atom stereocenters. The van der Waals surface area contributed by atoms with Crippen molar-refractivity contribution in [1.82, 2.24) is 0 Å². The summed E-state index contributed by atoms with van der Waals surface area (Å²) in [5.74, 6) is -0.755. The second kappa shape index (κ2) is 18.2. The third kappa shape index (κ3) is 19.8. The summed E-state index contributed by atoms with van der Waals surface area (Å²) >= 11 is 0. The molecule has 0 aromatic carbocycles. The normalized spacial score (nSPS) is 14.3. The van der Waals surface area contributed by atoms with Crippen molar-refractivity contribution in [3.63, 3.8) is 0 Å². The van der Waals surface area contributed by atoms with E-state index in [1.54, 1.807) is 6.08 Å². The van der Waals surface area contributed by atoms with Crippen molar-refractivity contribution in [2.24, 2.45) is 0 Å². The zero-order valence-electron chi connectivity index (χ0n) is 15.3. The summed E-state index contributed by atoms with van der Waals surface area (Å²) in [5, 5.41) is 18.2. The second-order valence-electron chi connectivity index (χ2n) is 5.55. The van der Waals surface area contributed by atoms with Crippen molar-refractivity contribution < 1.29 is 15.0 Å². The predicted octanol–water partition coefficient (Wildman–Crippen LogP) is 5.52. The van der Waals surface area contributed by atoms with Crippen LogP contribution in [-0.2, 0) is 4.79 Å². The van der Waals surface area contributed by atoms with Gasteiger partial charge in [-0.3, -0.25) is 4.79 Å². The van der Waals surface area contributed by atoms with Crippen LogP contribution in [0, 0.1) is 0 Å². The molecule has 0 spiro atoms. The smallest absolute Gasteiger partial charge is 0.303 e. The van der Waals surface area contributed by atoms with Gasteiger partial charge in [-0.25, -0.2) is 0 Å². The number of aliphatic hydroxyl groups excluding tert-OH is 1. The first kappa shape index (κ1) is 22.9. The van der Waals surface area contributed by atoms with Crippen LogP contribution in [0.5, 0.6) is 0 Å². The number of aliphatic carboxylic acids is 1. The Morgan fingerprint density at radius 2 is 1.40 bits per heavy atom. The van der Waals surface area contributed by atoms with E-state index in [-0.39, 0.29) is 6.42 Å². The molecule has 0 aliphatic carbocycles. The number of carbonyl (C=O) groups is 1. The van der Waals surface area contributed by atoms with E-state index in [4.69, 9.17) is 5.11 Å². The lowest BCUT2D eigenvalue weighted by Gasteiger charge is -1.98. The maximum absolute atomic E-state index is 10.3. The Labute approximate surface area is 152 Å². The molecular formula is C22H32O3. The Bertz CT molecular complexity index is 493. The van der Waals surface area contributed by atoms with Gasteiger partial charge in [0.1, 0.15) is 0 Å². The van der Waals surface area contributed by atoms with Gasteiger partial charge in [-0.05, 0) is 38.5 Å². The number of allylic oxidation sites excluding steroid dienone is 10. The molecule has 138 valence electrons. The molecule has 0 fully saturated rings. The van der Waals surface area contributed by atoms with E-state index in [0.717, 1.165) is 25.7 Å². The SMILES string of the molecule is CC/C=C\C=C\[C@@H](O)C/C=C\C/C=C\C/C=C\C/C=C\CCC(=O)O. The van der Waals surface area contributed by atoms with E-state index in [1.807, 2.05) is 36.5 Å². The summed E-state index contributed by atoms with van der Waals surface area (Å²) in [6.07, 6.45) is 28.6. The summed E-state index contributed by atoms with van der Waals surface area (Å²) in [6.45, 7) is 2.08. The summed E-state index contributed by atoms with van der Waals surface area (Å²) in [5.41, 5.74) is 0. The molecule has 0 heterocycles. The van der Waals surface area contributed by atoms with Gasteiger partial charge >= 0.3 is 5.97 Å². The molecular weight excluding hydrogens is 312 g/mol. The molecule has 0 saturated heterocycles. The third-order valence-corrected chi connectivity index (χ3v) is 3.20. The number of carboxylic acid groups (broad SMARTS) is 1. The van der Waals surface area contributed by atoms with E-state index in [1.165, 1.54) is 0 Å². The topological polar surface area (TPSA) is 57.5 Å². The van der Waals surface area contributed by atoms with E-state index >= 15 is 0 Å². The molecule has 0 radical (unpaired) electrons. The fraction of sp³-hybridized carbons (Fsp3) is 0.409. The summed E-state index contributed by atoms with van der Waals surface area (Å²) in [7, 11) is 0. The predicted molar refractivity (Wildman–Crippen MR) is 106 cm³/mol. The molecule has 0 aliphatic heterocycles. The first-order valence-corrected chi connectivity index (χ1v) is 9.00. The fourth-order valence-electron chi connectivity index (χ4n) is 1.86. The molecule has 3 nitrogen and oxygen atoms in total. The van der Waals surface area contributed by atoms with Crippen LogP contribution < -0.4 is 0 Å². The van der Waals surface area contributed by atoms with Crippen molar-refractivity contribution in [1.29, 1.82) is 0 Å². The van der Waals surface area contributed by atoms with Gasteiger partial charge in [-0.2, -0.15) is 0 Å². The van der Waals surface area contributed by atoms with Gasteiger partial charge in [0.25, 0.3) is 0 Å². The Kier molecular flexibility index (Phi) is 16.7. The van der Waals surface area contributed by atoms with Crippen LogP contribution >= 0.6 is 0 Å². The van der Waals surface area contributed by atoms with Crippen LogP contribution in [-0.4, -0.2) is 22.3 Å². The molecule has 0 aromatic rings. The number of aliphatic hydroxyl groups is 1. The first-order chi connectivity index (χ1) is 12.2. The maximum atomic E-state index is 10.3. The number of rotatable bonds is 14. The standard InChI is InChI=1S/C22H32O3/c1-2-3-4-15-18-21(23)19-16-13-11-9-7-5-6-8-10-12-14-17-20-22(24)25/h3-4,6-9,12-16,18,21,23H,2,5,10-11,17,19-20H2,1H3,(H,24,25)/b4-3-,8-6-,9-7-,14-12-,16-13-,18-15+/t21-/m1/s1. The second-order valence-corrected chi connectivity index (χ2v) is 5.55. The van der Waals surface area contributed by atoms with Crippen molar-refractivity contribution >= 4 is 5.97 Å². The van der Waals surface area contributed by atoms with Gasteiger partial charge in [0, 0.05) is 6.42 Å². The number of hydrogen-bond acceptors (Lipinski definition) is 2. The molecule has 0 amide bonds. The molecule has 25 heavy (non-hydrogen) atoms. The summed E-state index contributed by atoms with van der Waals surface area (Å²) < 4.78 is 0. The lowest BCUT2D eigenvalue weighted by molar-refractivity contribution is -0.136. The van der Waals surface area contributed by atoms with E-state index < -0.39 is 12.1 Å². The molecule has 0 aromatic heterocycles. The highest BCUT2D eigenvalue weighted by Gasteiger charge is 1.92. The Morgan fingerprint density at radius 1 is 0.840 bits per heavy atom. The highest BCUT2D eigenvalue weighted by atomic mass is 16.4. The molecule has 0 bridgehead atoms. The zero-order chi connectivity index (χ0) is 18.6. The van der Waals surface area contributed by atoms with Gasteiger partial charge in [0.05, 0.1) is 6.10 Å². The van der Waals surface area contributed by atoms with Crippen molar-refractivity contribution in [2.75, 3.05) is 0 Å². The minimum absolute atomic E-state index is 0.194. The number of carboxylic acids is 1. The van der Waals surface area contributed by atoms with Crippen LogP contribution in [0.1, 0.15) is 51.9 Å². The lowest BCUT2D eigenvalue weighted by Crippen LogP contribution is -1.98. The van der Waals surface area contributed by atoms with Gasteiger partial charge in [0.2, 0.25) is 0 Å². The number of hydrogen-bond donors (Lipinski definition) is 2. The fourth-order valence-corrected chi connectivity index (χ4v) is 1.86. The van der Waals surface area contributed by atoms with E-state index in [2.05, 4.69) is 37.3 Å². The molecule has 0 rings (SSSR count). The molecule has 2 N–H and O–H groups in total. The Hall–Kier alpha value is -2.13. The molecule has 0 saturated carbocycles. The molecule has 0 aliphatic rings. The summed E-state index contributed by atoms with van der Waals surface area (Å²) in [4.78, 5) is 10.3. The molecule has 0 unspecified atom stereocenters. The average molecular weight is 344 g/mol. The summed E-state index contributed by atoms with van der Waals surface area (Å²) in [6, 6.07) is 0. The van der Waals surface area contributed by atoms with Crippen LogP contribution in [0.2, 0.25) is 0 Å². The van der Waals surface area contributed by atoms with Crippen LogP contribution in [0.15, 0.2) is 72.9 Å². The third-order valence-electron chi connectivity index (χ3n) is 3.20. The van der Waals surface area contributed by atoms with Crippen molar-refractivity contribution in [3.8, 4) is 0 Å². The Balaban J connectivity index is 3.65. The van der Waals surface area contributed by atoms with Gasteiger partial charge in [-0.1, -0.05) is 79.8 Å². The monoisotopic (exact) mass is 344 g/mol. The van der Waals surface area contributed by atoms with Gasteiger partial charge in [-0.15, -0.1) is 0 Å². The quantitative estimate of drug-likeness (QED) is 0.322. The van der Waals surface area contributed by atoms with Crippen molar-refractivity contribution in [3.05, 3.63) is 72.9 Å². The first-order valence-electron chi connectivity index (χ1n) is 9.00. The largest absolute Gasteiger partial charge is 0.481 e. The van der Waals surface area contributed by atoms with E-state index in [0.29, 0.717) is 12.8 Å². The van der Waals surface area contributed by atoms with Crippen LogP contribution in [0.4, 0.5) is 0 Å². The van der Waals surface area contributed by atoms with Crippen molar-refractivity contribution in [2.45, 2.75) is 58.0 Å². The minimum atomic E-state index is -0.755. The Morgan fingerprint density at radius 3 is 1.96 bits per heavy atom. The maximum Gasteiger partial charge on any atom is 0.303 e. The van der Waals surface area contributed by atoms with Crippen LogP contribution in [0.25, 0.3) is 0 Å². The zero-order valence-corrected chi connectivity index (χ0v) is 15.3. The highest BCUT2D eigenvalue weighted by Crippen LogP contribution is 1.99. The average Bonchev–Trinajstić information content (AvgIpc) is 2.58. The minimum Gasteiger partial charge on any atom is -0.481 e. The van der Waals surface area contributed by atoms with E-state index in [9.17, 15) is 9.90 Å². The lowest BCUT2D eigenvalue weighted by atomic mass is 10.2. The molecule has 3 heteroatoms. The van der Waals surface area contributed by atoms with Crippen LogP contribution in [0.3, 0.4) is 0 Å².